The summed E-state index contributed by atoms with van der Waals surface area (Å²) in [6.45, 7) is 2.24. The lowest BCUT2D eigenvalue weighted by Crippen LogP contribution is -1.99. The van der Waals surface area contributed by atoms with Crippen LogP contribution in [-0.4, -0.2) is 4.98 Å². The Kier molecular flexibility index (Phi) is 4.61. The molecule has 0 aliphatic rings. The highest BCUT2D eigenvalue weighted by atomic mass is 79.9. The average Bonchev–Trinajstić information content (AvgIpc) is 3.08. The molecule has 0 spiro atoms. The minimum atomic E-state index is -0.356. The van der Waals surface area contributed by atoms with Crippen LogP contribution < -0.4 is 10.4 Å². The van der Waals surface area contributed by atoms with Gasteiger partial charge in [-0.25, -0.2) is 9.78 Å². The Labute approximate surface area is 162 Å². The molecule has 0 atom stereocenters. The number of ether oxygens (including phenoxy) is 1. The predicted octanol–water partition coefficient (Wildman–Crippen LogP) is 5.57. The molecule has 0 aliphatic heterocycles. The Morgan fingerprint density at radius 2 is 2.08 bits per heavy atom. The maximum Gasteiger partial charge on any atom is 0.336 e. The van der Waals surface area contributed by atoms with Crippen molar-refractivity contribution in [1.29, 1.82) is 0 Å². The highest BCUT2D eigenvalue weighted by molar-refractivity contribution is 9.10. The molecule has 0 unspecified atom stereocenters. The zero-order valence-electron chi connectivity index (χ0n) is 13.9. The van der Waals surface area contributed by atoms with Crippen LogP contribution in [-0.2, 0) is 6.61 Å². The summed E-state index contributed by atoms with van der Waals surface area (Å²) >= 11 is 5.06. The fourth-order valence-electron chi connectivity index (χ4n) is 2.68. The molecule has 0 amide bonds. The quantitative estimate of drug-likeness (QED) is 0.399. The number of benzene rings is 2. The summed E-state index contributed by atoms with van der Waals surface area (Å²) in [5.74, 6) is 0.642. The summed E-state index contributed by atoms with van der Waals surface area (Å²) in [6, 6.07) is 15.0. The van der Waals surface area contributed by atoms with Crippen molar-refractivity contribution in [3.05, 3.63) is 80.1 Å². The lowest BCUT2D eigenvalue weighted by atomic mass is 10.1. The smallest absolute Gasteiger partial charge is 0.336 e. The first-order valence-corrected chi connectivity index (χ1v) is 9.63. The molecular weight excluding hydrogens is 414 g/mol. The Hall–Kier alpha value is -2.44. The molecule has 0 radical (unpaired) electrons. The standard InChI is InChI=1S/C20H14BrNO3S/c1-12-7-19(23)25-18-9-16(5-6-17(12)18)24-10-15-11-26-20(22-15)13-3-2-4-14(21)8-13/h2-9,11H,10H2,1H3. The summed E-state index contributed by atoms with van der Waals surface area (Å²) in [5.41, 5.74) is 2.99. The second kappa shape index (κ2) is 7.05. The number of aromatic nitrogens is 1. The average molecular weight is 428 g/mol. The molecule has 26 heavy (non-hydrogen) atoms. The van der Waals surface area contributed by atoms with Gasteiger partial charge in [0.15, 0.2) is 0 Å². The largest absolute Gasteiger partial charge is 0.487 e. The maximum absolute atomic E-state index is 11.5. The number of nitrogens with zero attached hydrogens (tertiary/aromatic N) is 1. The van der Waals surface area contributed by atoms with E-state index in [9.17, 15) is 4.79 Å². The van der Waals surface area contributed by atoms with Gasteiger partial charge in [0.05, 0.1) is 5.69 Å². The van der Waals surface area contributed by atoms with Crippen molar-refractivity contribution in [1.82, 2.24) is 4.98 Å². The molecule has 0 fully saturated rings. The topological polar surface area (TPSA) is 52.3 Å². The minimum Gasteiger partial charge on any atom is -0.487 e. The lowest BCUT2D eigenvalue weighted by Gasteiger charge is -2.06. The summed E-state index contributed by atoms with van der Waals surface area (Å²) in [4.78, 5) is 16.2. The molecule has 2 heterocycles. The maximum atomic E-state index is 11.5. The zero-order valence-corrected chi connectivity index (χ0v) is 16.3. The van der Waals surface area contributed by atoms with Crippen LogP contribution in [0.3, 0.4) is 0 Å². The SMILES string of the molecule is Cc1cc(=O)oc2cc(OCc3csc(-c4cccc(Br)c4)n3)ccc12. The monoisotopic (exact) mass is 427 g/mol. The Bertz CT molecular complexity index is 1150. The number of halogens is 1. The third kappa shape index (κ3) is 3.57. The number of aryl methyl sites for hydroxylation is 1. The number of fused-ring (bicyclic) bond motifs is 1. The van der Waals surface area contributed by atoms with E-state index in [4.69, 9.17) is 9.15 Å². The van der Waals surface area contributed by atoms with Crippen molar-refractivity contribution in [2.24, 2.45) is 0 Å². The molecule has 2 aromatic heterocycles. The molecule has 130 valence electrons. The molecule has 2 aromatic carbocycles. The van der Waals surface area contributed by atoms with Gasteiger partial charge in [-0.3, -0.25) is 0 Å². The van der Waals surface area contributed by atoms with Crippen molar-refractivity contribution in [3.8, 4) is 16.3 Å². The summed E-state index contributed by atoms with van der Waals surface area (Å²) < 4.78 is 12.1. The molecule has 4 nitrogen and oxygen atoms in total. The third-order valence-electron chi connectivity index (χ3n) is 3.93. The zero-order chi connectivity index (χ0) is 18.1. The van der Waals surface area contributed by atoms with E-state index < -0.39 is 0 Å². The van der Waals surface area contributed by atoms with Crippen LogP contribution in [0.25, 0.3) is 21.5 Å². The van der Waals surface area contributed by atoms with Crippen LogP contribution >= 0.6 is 27.3 Å². The van der Waals surface area contributed by atoms with Crippen molar-refractivity contribution < 1.29 is 9.15 Å². The van der Waals surface area contributed by atoms with Gasteiger partial charge in [-0.15, -0.1) is 11.3 Å². The third-order valence-corrected chi connectivity index (χ3v) is 5.37. The normalized spacial score (nSPS) is 11.0. The van der Waals surface area contributed by atoms with E-state index in [1.54, 1.807) is 17.4 Å². The van der Waals surface area contributed by atoms with E-state index in [-0.39, 0.29) is 5.63 Å². The van der Waals surface area contributed by atoms with Crippen LogP contribution in [0.5, 0.6) is 5.75 Å². The second-order valence-corrected chi connectivity index (χ2v) is 7.62. The first kappa shape index (κ1) is 17.0. The van der Waals surface area contributed by atoms with Crippen molar-refractivity contribution >= 4 is 38.2 Å². The van der Waals surface area contributed by atoms with Crippen molar-refractivity contribution in [3.63, 3.8) is 0 Å². The molecule has 0 N–H and O–H groups in total. The van der Waals surface area contributed by atoms with E-state index in [1.165, 1.54) is 6.07 Å². The first-order valence-electron chi connectivity index (χ1n) is 7.96. The van der Waals surface area contributed by atoms with Gasteiger partial charge in [0.2, 0.25) is 0 Å². The first-order chi connectivity index (χ1) is 12.6. The van der Waals surface area contributed by atoms with Gasteiger partial charge in [-0.2, -0.15) is 0 Å². The summed E-state index contributed by atoms with van der Waals surface area (Å²) in [7, 11) is 0. The Balaban J connectivity index is 1.53. The lowest BCUT2D eigenvalue weighted by molar-refractivity contribution is 0.302. The summed E-state index contributed by atoms with van der Waals surface area (Å²) in [6.07, 6.45) is 0. The molecule has 4 aromatic rings. The van der Waals surface area contributed by atoms with E-state index in [2.05, 4.69) is 20.9 Å². The van der Waals surface area contributed by atoms with Crippen LogP contribution in [0.1, 0.15) is 11.3 Å². The van der Waals surface area contributed by atoms with Crippen LogP contribution in [0.4, 0.5) is 0 Å². The Morgan fingerprint density at radius 1 is 1.19 bits per heavy atom. The van der Waals surface area contributed by atoms with Gasteiger partial charge in [0.1, 0.15) is 22.9 Å². The van der Waals surface area contributed by atoms with Gasteiger partial charge >= 0.3 is 5.63 Å². The van der Waals surface area contributed by atoms with E-state index >= 15 is 0 Å². The molecule has 0 saturated heterocycles. The predicted molar refractivity (Wildman–Crippen MR) is 107 cm³/mol. The minimum absolute atomic E-state index is 0.353. The fourth-order valence-corrected chi connectivity index (χ4v) is 3.88. The van der Waals surface area contributed by atoms with Gasteiger partial charge in [-0.1, -0.05) is 28.1 Å². The second-order valence-electron chi connectivity index (χ2n) is 5.85. The van der Waals surface area contributed by atoms with E-state index in [1.807, 2.05) is 48.7 Å². The molecular formula is C20H14BrNO3S. The van der Waals surface area contributed by atoms with Gasteiger partial charge in [0.25, 0.3) is 0 Å². The highest BCUT2D eigenvalue weighted by Gasteiger charge is 2.08. The molecule has 0 bridgehead atoms. The van der Waals surface area contributed by atoms with Gasteiger partial charge in [0, 0.05) is 32.9 Å². The van der Waals surface area contributed by atoms with Crippen LogP contribution in [0, 0.1) is 6.92 Å². The molecule has 4 rings (SSSR count). The molecule has 6 heteroatoms. The number of thiazole rings is 1. The molecule has 0 saturated carbocycles. The fraction of sp³-hybridized carbons (Fsp3) is 0.100. The van der Waals surface area contributed by atoms with Gasteiger partial charge < -0.3 is 9.15 Å². The number of rotatable bonds is 4. The van der Waals surface area contributed by atoms with Crippen LogP contribution in [0.2, 0.25) is 0 Å². The highest BCUT2D eigenvalue weighted by Crippen LogP contribution is 2.27. The van der Waals surface area contributed by atoms with Gasteiger partial charge in [-0.05, 0) is 36.8 Å². The Morgan fingerprint density at radius 3 is 2.92 bits per heavy atom. The summed E-state index contributed by atoms with van der Waals surface area (Å²) in [5, 5.41) is 3.84. The van der Waals surface area contributed by atoms with E-state index in [0.717, 1.165) is 31.7 Å². The number of hydrogen-bond donors (Lipinski definition) is 0. The van der Waals surface area contributed by atoms with E-state index in [0.29, 0.717) is 17.9 Å². The molecule has 0 aliphatic carbocycles. The number of hydrogen-bond acceptors (Lipinski definition) is 5. The van der Waals surface area contributed by atoms with Crippen molar-refractivity contribution in [2.45, 2.75) is 13.5 Å². The van der Waals surface area contributed by atoms with Crippen LogP contribution in [0.15, 0.2) is 67.6 Å². The van der Waals surface area contributed by atoms with Crippen molar-refractivity contribution in [2.75, 3.05) is 0 Å².